The zero-order chi connectivity index (χ0) is 28.7. The first-order chi connectivity index (χ1) is 19.8. The highest BCUT2D eigenvalue weighted by molar-refractivity contribution is 6.13. The number of hydrogen-bond donors (Lipinski definition) is 4. The molecule has 2 aromatic carbocycles. The van der Waals surface area contributed by atoms with E-state index < -0.39 is 11.9 Å². The summed E-state index contributed by atoms with van der Waals surface area (Å²) in [5.74, 6) is -0.0980. The Morgan fingerprint density at radius 3 is 2.76 bits per heavy atom. The van der Waals surface area contributed by atoms with Gasteiger partial charge in [-0.05, 0) is 48.1 Å². The predicted octanol–water partition coefficient (Wildman–Crippen LogP) is -0.865. The number of para-hydroxylation sites is 1. The smallest absolute Gasteiger partial charge is 0.362 e. The average molecular weight is 549 g/mol. The maximum absolute atomic E-state index is 14.2. The number of benzene rings is 2. The van der Waals surface area contributed by atoms with Crippen LogP contribution in [0.5, 0.6) is 0 Å². The van der Waals surface area contributed by atoms with Crippen LogP contribution in [0.25, 0.3) is 17.6 Å². The molecule has 4 aromatic rings. The zero-order valence-corrected chi connectivity index (χ0v) is 22.9. The summed E-state index contributed by atoms with van der Waals surface area (Å²) in [5.41, 5.74) is 8.99. The van der Waals surface area contributed by atoms with Crippen LogP contribution < -0.4 is 41.0 Å². The van der Waals surface area contributed by atoms with Gasteiger partial charge < -0.3 is 21.1 Å². The van der Waals surface area contributed by atoms with E-state index in [1.807, 2.05) is 73.9 Å². The van der Waals surface area contributed by atoms with Crippen LogP contribution in [0.3, 0.4) is 0 Å². The van der Waals surface area contributed by atoms with Crippen molar-refractivity contribution in [1.82, 2.24) is 15.4 Å². The molecule has 0 saturated carbocycles. The van der Waals surface area contributed by atoms with E-state index in [9.17, 15) is 9.90 Å². The third-order valence-corrected chi connectivity index (χ3v) is 7.41. The van der Waals surface area contributed by atoms with E-state index in [0.717, 1.165) is 15.8 Å². The molecule has 0 fully saturated rings. The number of amidine groups is 1. The van der Waals surface area contributed by atoms with Crippen molar-refractivity contribution in [1.29, 1.82) is 0 Å². The van der Waals surface area contributed by atoms with Gasteiger partial charge in [0.1, 0.15) is 24.3 Å². The van der Waals surface area contributed by atoms with Crippen LogP contribution in [0.2, 0.25) is 0 Å². The lowest BCUT2D eigenvalue weighted by molar-refractivity contribution is -0.899. The highest BCUT2D eigenvalue weighted by Gasteiger charge is 2.30. The third-order valence-electron chi connectivity index (χ3n) is 7.41. The number of nitrogen functional groups attached to an aromatic ring is 1. The lowest BCUT2D eigenvalue weighted by Crippen LogP contribution is -3.06. The van der Waals surface area contributed by atoms with Gasteiger partial charge in [-0.1, -0.05) is 47.6 Å². The number of quaternary nitrogens is 1. The summed E-state index contributed by atoms with van der Waals surface area (Å²) in [6.07, 6.45) is 9.11. The van der Waals surface area contributed by atoms with Gasteiger partial charge in [-0.3, -0.25) is 4.79 Å². The molecule has 2 aliphatic rings. The molecule has 11 nitrogen and oxygen atoms in total. The highest BCUT2D eigenvalue weighted by atomic mass is 16.3. The van der Waals surface area contributed by atoms with E-state index in [2.05, 4.69) is 27.4 Å². The zero-order valence-electron chi connectivity index (χ0n) is 22.9. The van der Waals surface area contributed by atoms with E-state index in [4.69, 9.17) is 10.7 Å². The Kier molecular flexibility index (Phi) is 6.56. The van der Waals surface area contributed by atoms with E-state index in [1.54, 1.807) is 34.8 Å². The SMILES string of the molecule is CC(NC(=O)c1c(N)[nH][n+]2cccnc12)C1=Nc2cccc(=CC=C3C=N[NH+](C)C3C)c2=C([O-])N1c1ccccc1. The predicted molar refractivity (Wildman–Crippen MR) is 156 cm³/mol. The van der Waals surface area contributed by atoms with Crippen LogP contribution in [0.4, 0.5) is 17.2 Å². The summed E-state index contributed by atoms with van der Waals surface area (Å²) < 4.78 is 1.58. The van der Waals surface area contributed by atoms with Gasteiger partial charge in [0, 0.05) is 22.5 Å². The molecule has 206 valence electrons. The number of amides is 1. The molecule has 3 atom stereocenters. The Labute approximate surface area is 235 Å². The quantitative estimate of drug-likeness (QED) is 0.240. The number of nitrogens with one attached hydrogen (secondary N) is 3. The molecule has 4 heterocycles. The number of H-pyrrole nitrogens is 1. The van der Waals surface area contributed by atoms with Crippen molar-refractivity contribution >= 4 is 52.8 Å². The Hall–Kier alpha value is -5.29. The molecule has 3 unspecified atom stereocenters. The summed E-state index contributed by atoms with van der Waals surface area (Å²) in [6.45, 7) is 3.90. The fraction of sp³-hybridized carbons (Fsp3) is 0.167. The monoisotopic (exact) mass is 548 g/mol. The maximum Gasteiger partial charge on any atom is 0.362 e. The molecule has 6 rings (SSSR count). The molecule has 1 amide bonds. The van der Waals surface area contributed by atoms with Crippen molar-refractivity contribution in [2.45, 2.75) is 25.9 Å². The van der Waals surface area contributed by atoms with Gasteiger partial charge >= 0.3 is 5.65 Å². The number of likely N-dealkylation sites (N-methyl/N-ethyl adjacent to an activating group) is 1. The number of aliphatic imine (C=N–C) groups is 1. The van der Waals surface area contributed by atoms with Gasteiger partial charge in [0.15, 0.2) is 11.4 Å². The van der Waals surface area contributed by atoms with E-state index in [0.29, 0.717) is 28.1 Å². The number of carbonyl (C=O) groups excluding carboxylic acids is 1. The van der Waals surface area contributed by atoms with Crippen molar-refractivity contribution < 1.29 is 19.4 Å². The fourth-order valence-corrected chi connectivity index (χ4v) is 5.05. The Morgan fingerprint density at radius 2 is 2.00 bits per heavy atom. The first-order valence-corrected chi connectivity index (χ1v) is 13.3. The molecule has 2 aliphatic heterocycles. The molecule has 0 saturated heterocycles. The van der Waals surface area contributed by atoms with Crippen molar-refractivity contribution in [2.24, 2.45) is 10.1 Å². The number of nitrogens with zero attached hydrogens (tertiary/aromatic N) is 5. The van der Waals surface area contributed by atoms with Crippen molar-refractivity contribution in [3.8, 4) is 0 Å². The summed E-state index contributed by atoms with van der Waals surface area (Å²) in [5, 5.41) is 26.8. The number of fused-ring (bicyclic) bond motifs is 2. The second-order valence-corrected chi connectivity index (χ2v) is 10.1. The first-order valence-electron chi connectivity index (χ1n) is 13.3. The topological polar surface area (TPSA) is 143 Å². The third kappa shape index (κ3) is 4.61. The number of anilines is 2. The molecule has 41 heavy (non-hydrogen) atoms. The normalized spacial score (nSPS) is 20.4. The lowest BCUT2D eigenvalue weighted by Gasteiger charge is -2.37. The van der Waals surface area contributed by atoms with Crippen LogP contribution in [0.1, 0.15) is 24.2 Å². The Balaban J connectivity index is 1.43. The minimum atomic E-state index is -0.651. The molecule has 2 aromatic heterocycles. The maximum atomic E-state index is 14.2. The molecule has 11 heteroatoms. The molecule has 5 N–H and O–H groups in total. The van der Waals surface area contributed by atoms with Crippen molar-refractivity contribution in [3.05, 3.63) is 94.6 Å². The number of aromatic nitrogens is 3. The number of carbonyl (C=O) groups is 1. The summed E-state index contributed by atoms with van der Waals surface area (Å²) in [7, 11) is 2.01. The molecular formula is C30H30N9O2+. The number of rotatable bonds is 5. The number of hydrogen-bond acceptors (Lipinski definition) is 7. The number of nitrogens with two attached hydrogens (primary N) is 1. The number of allylic oxidation sites excluding steroid dienone is 1. The standard InChI is InChI=1S/C30H29N9O2/c1-18(34-29(40)25-26(31)36-38-16-8-15-32-28(25)38)27-35-23-12-7-9-20(13-14-21-17-33-37(3)19(21)2)24(23)30(41)39(27)22-10-5-4-6-11-22/h4-19H,1-3H3,(H4,31,33,34,36,40,41)/p+1. The second kappa shape index (κ2) is 10.4. The minimum absolute atomic E-state index is 0.184. The van der Waals surface area contributed by atoms with Crippen LogP contribution in [-0.4, -0.2) is 47.2 Å². The number of aromatic amines is 1. The molecular weight excluding hydrogens is 518 g/mol. The highest BCUT2D eigenvalue weighted by Crippen LogP contribution is 2.24. The van der Waals surface area contributed by atoms with Crippen LogP contribution in [-0.2, 0) is 0 Å². The largest absolute Gasteiger partial charge is 0.859 e. The van der Waals surface area contributed by atoms with Crippen molar-refractivity contribution in [2.75, 3.05) is 17.7 Å². The minimum Gasteiger partial charge on any atom is -0.859 e. The van der Waals surface area contributed by atoms with Gasteiger partial charge in [-0.15, -0.1) is 4.52 Å². The summed E-state index contributed by atoms with van der Waals surface area (Å²) in [4.78, 5) is 24.2. The second-order valence-electron chi connectivity index (χ2n) is 10.1. The van der Waals surface area contributed by atoms with Gasteiger partial charge in [0.05, 0.1) is 25.0 Å². The average Bonchev–Trinajstić information content (AvgIpc) is 3.49. The summed E-state index contributed by atoms with van der Waals surface area (Å²) >= 11 is 0. The molecule has 0 spiro atoms. The van der Waals surface area contributed by atoms with Gasteiger partial charge in [-0.25, -0.2) is 15.1 Å². The van der Waals surface area contributed by atoms with E-state index >= 15 is 0 Å². The molecule has 0 bridgehead atoms. The Morgan fingerprint density at radius 1 is 1.20 bits per heavy atom. The van der Waals surface area contributed by atoms with Crippen molar-refractivity contribution in [3.63, 3.8) is 0 Å². The van der Waals surface area contributed by atoms with Gasteiger partial charge in [-0.2, -0.15) is 0 Å². The lowest BCUT2D eigenvalue weighted by atomic mass is 10.1. The van der Waals surface area contributed by atoms with Gasteiger partial charge in [0.2, 0.25) is 0 Å². The fourth-order valence-electron chi connectivity index (χ4n) is 5.05. The first kappa shape index (κ1) is 26.0. The molecule has 0 radical (unpaired) electrons. The van der Waals surface area contributed by atoms with E-state index in [-0.39, 0.29) is 23.3 Å². The Bertz CT molecular complexity index is 1870. The van der Waals surface area contributed by atoms with Crippen LogP contribution in [0.15, 0.2) is 88.7 Å². The van der Waals surface area contributed by atoms with Gasteiger partial charge in [0.25, 0.3) is 5.91 Å². The summed E-state index contributed by atoms with van der Waals surface area (Å²) in [6, 6.07) is 16.2. The van der Waals surface area contributed by atoms with Crippen LogP contribution >= 0.6 is 0 Å². The van der Waals surface area contributed by atoms with E-state index in [1.165, 1.54) is 0 Å². The van der Waals surface area contributed by atoms with Crippen LogP contribution in [0, 0.1) is 0 Å². The molecule has 0 aliphatic carbocycles.